The van der Waals surface area contributed by atoms with Gasteiger partial charge in [0.25, 0.3) is 11.5 Å². The van der Waals surface area contributed by atoms with E-state index < -0.39 is 6.04 Å². The zero-order chi connectivity index (χ0) is 29.2. The largest absolute Gasteiger partial charge is 0.481 e. The first-order valence-corrected chi connectivity index (χ1v) is 13.3. The number of methoxy groups -OCH3 is 1. The molecule has 0 aliphatic carbocycles. The molecule has 0 aliphatic heterocycles. The average Bonchev–Trinajstić information content (AvgIpc) is 3.36. The molecule has 0 saturated carbocycles. The molecular formula is C33H26N6O3. The lowest BCUT2D eigenvalue weighted by Gasteiger charge is -2.21. The van der Waals surface area contributed by atoms with E-state index in [0.29, 0.717) is 50.7 Å². The first kappa shape index (κ1) is 26.5. The summed E-state index contributed by atoms with van der Waals surface area (Å²) in [5, 5.41) is 8.68. The van der Waals surface area contributed by atoms with Gasteiger partial charge in [-0.1, -0.05) is 42.2 Å². The van der Waals surface area contributed by atoms with Gasteiger partial charge < -0.3 is 10.1 Å². The highest BCUT2D eigenvalue weighted by Gasteiger charge is 2.23. The number of para-hydroxylation sites is 1. The molecule has 1 amide bonds. The molecule has 206 valence electrons. The summed E-state index contributed by atoms with van der Waals surface area (Å²) in [6.07, 6.45) is 5.00. The third-order valence-corrected chi connectivity index (χ3v) is 6.96. The van der Waals surface area contributed by atoms with Crippen LogP contribution in [0, 0.1) is 18.8 Å². The number of aryl methyl sites for hydroxylation is 1. The summed E-state index contributed by atoms with van der Waals surface area (Å²) in [4.78, 5) is 36.2. The van der Waals surface area contributed by atoms with Gasteiger partial charge in [-0.3, -0.25) is 14.2 Å². The molecule has 4 heterocycles. The molecule has 0 fully saturated rings. The smallest absolute Gasteiger partial charge is 0.264 e. The summed E-state index contributed by atoms with van der Waals surface area (Å²) in [5.74, 6) is 6.42. The molecule has 0 unspecified atom stereocenters. The Morgan fingerprint density at radius 1 is 0.976 bits per heavy atom. The number of pyridine rings is 2. The van der Waals surface area contributed by atoms with Gasteiger partial charge in [0.05, 0.1) is 24.2 Å². The minimum atomic E-state index is -0.535. The molecule has 6 aromatic rings. The lowest BCUT2D eigenvalue weighted by Crippen LogP contribution is -2.32. The van der Waals surface area contributed by atoms with E-state index in [9.17, 15) is 9.59 Å². The van der Waals surface area contributed by atoms with Crippen molar-refractivity contribution in [2.24, 2.45) is 0 Å². The topological polar surface area (TPSA) is 103 Å². The fraction of sp³-hybridized carbons (Fsp3) is 0.121. The fourth-order valence-electron chi connectivity index (χ4n) is 4.99. The number of aromatic nitrogens is 5. The van der Waals surface area contributed by atoms with Crippen molar-refractivity contribution in [1.29, 1.82) is 0 Å². The molecule has 0 bridgehead atoms. The Kier molecular flexibility index (Phi) is 6.95. The first-order chi connectivity index (χ1) is 20.4. The van der Waals surface area contributed by atoms with E-state index in [1.807, 2.05) is 61.5 Å². The van der Waals surface area contributed by atoms with Crippen molar-refractivity contribution in [3.8, 4) is 23.4 Å². The molecule has 4 aromatic heterocycles. The summed E-state index contributed by atoms with van der Waals surface area (Å²) in [7, 11) is 1.55. The maximum Gasteiger partial charge on any atom is 0.264 e. The van der Waals surface area contributed by atoms with E-state index in [2.05, 4.69) is 32.2 Å². The van der Waals surface area contributed by atoms with E-state index >= 15 is 0 Å². The average molecular weight is 555 g/mol. The van der Waals surface area contributed by atoms with Crippen molar-refractivity contribution in [2.75, 3.05) is 7.11 Å². The summed E-state index contributed by atoms with van der Waals surface area (Å²) in [6, 6.07) is 21.6. The second-order valence-corrected chi connectivity index (χ2v) is 9.70. The number of amides is 1. The molecule has 9 heteroatoms. The summed E-state index contributed by atoms with van der Waals surface area (Å²) >= 11 is 0. The molecule has 2 aromatic carbocycles. The Bertz CT molecular complexity index is 2090. The van der Waals surface area contributed by atoms with E-state index in [1.165, 1.54) is 0 Å². The number of hydrogen-bond donors (Lipinski definition) is 1. The Balaban J connectivity index is 1.47. The van der Waals surface area contributed by atoms with Gasteiger partial charge in [0, 0.05) is 47.2 Å². The van der Waals surface area contributed by atoms with Gasteiger partial charge in [0.15, 0.2) is 5.65 Å². The Hall–Kier alpha value is -5.75. The van der Waals surface area contributed by atoms with Crippen LogP contribution in [0.4, 0.5) is 0 Å². The van der Waals surface area contributed by atoms with E-state index in [4.69, 9.17) is 4.74 Å². The Morgan fingerprint density at radius 3 is 2.62 bits per heavy atom. The van der Waals surface area contributed by atoms with Gasteiger partial charge in [-0.15, -0.1) is 0 Å². The van der Waals surface area contributed by atoms with Crippen LogP contribution < -0.4 is 15.6 Å². The van der Waals surface area contributed by atoms with Crippen LogP contribution in [0.15, 0.2) is 96.2 Å². The van der Waals surface area contributed by atoms with Gasteiger partial charge in [-0.25, -0.2) is 14.5 Å². The number of fused-ring (bicyclic) bond motifs is 2. The normalized spacial score (nSPS) is 11.6. The second-order valence-electron chi connectivity index (χ2n) is 9.70. The number of ether oxygens (including phenoxy) is 1. The van der Waals surface area contributed by atoms with E-state index in [0.717, 1.165) is 5.39 Å². The predicted octanol–water partition coefficient (Wildman–Crippen LogP) is 4.64. The van der Waals surface area contributed by atoms with Crippen LogP contribution in [0.2, 0.25) is 0 Å². The van der Waals surface area contributed by atoms with Gasteiger partial charge >= 0.3 is 0 Å². The third kappa shape index (κ3) is 4.86. The van der Waals surface area contributed by atoms with Crippen LogP contribution in [0.1, 0.15) is 45.8 Å². The highest BCUT2D eigenvalue weighted by molar-refractivity contribution is 6.01. The highest BCUT2D eigenvalue weighted by atomic mass is 16.5. The number of nitrogens with one attached hydrogen (secondary N) is 1. The standard InChI is InChI=1S/C33H26N6O3/c1-21(36-32(40)29-22(2)37-38-18-8-16-35-31(29)38)27-20-25-10-7-9-24(14-13-23-15-17-34-28(19-23)42-3)30(25)33(41)39(27)26-11-5-4-6-12-26/h4-12,15-21H,1-3H3,(H,36,40)/t21-/m0/s1. The monoisotopic (exact) mass is 554 g/mol. The van der Waals surface area contributed by atoms with Crippen molar-refractivity contribution in [1.82, 2.24) is 29.5 Å². The highest BCUT2D eigenvalue weighted by Crippen LogP contribution is 2.24. The Morgan fingerprint density at radius 2 is 1.81 bits per heavy atom. The zero-order valence-corrected chi connectivity index (χ0v) is 23.2. The number of benzene rings is 2. The number of hydrogen-bond acceptors (Lipinski definition) is 6. The van der Waals surface area contributed by atoms with Crippen LogP contribution in [-0.4, -0.2) is 37.2 Å². The molecule has 9 nitrogen and oxygen atoms in total. The minimum Gasteiger partial charge on any atom is -0.481 e. The maximum absolute atomic E-state index is 14.3. The van der Waals surface area contributed by atoms with Crippen molar-refractivity contribution >= 4 is 22.3 Å². The maximum atomic E-state index is 14.3. The van der Waals surface area contributed by atoms with Crippen LogP contribution >= 0.6 is 0 Å². The molecule has 0 aliphatic rings. The van der Waals surface area contributed by atoms with E-state index in [1.54, 1.807) is 59.9 Å². The SMILES string of the molecule is COc1cc(C#Cc2cccc3cc([C@H](C)NC(=O)c4c(C)nn5cccnc45)n(-c4ccccc4)c(=O)c23)ccn1. The number of nitrogens with zero attached hydrogens (tertiary/aromatic N) is 5. The molecule has 0 spiro atoms. The quantitative estimate of drug-likeness (QED) is 0.312. The van der Waals surface area contributed by atoms with Gasteiger partial charge in [-0.05, 0) is 55.6 Å². The van der Waals surface area contributed by atoms with Crippen LogP contribution in [0.5, 0.6) is 5.88 Å². The van der Waals surface area contributed by atoms with Gasteiger partial charge in [0.1, 0.15) is 5.56 Å². The van der Waals surface area contributed by atoms with Crippen molar-refractivity contribution in [2.45, 2.75) is 19.9 Å². The number of carbonyl (C=O) groups is 1. The lowest BCUT2D eigenvalue weighted by atomic mass is 10.0. The molecule has 0 radical (unpaired) electrons. The van der Waals surface area contributed by atoms with Crippen LogP contribution in [0.25, 0.3) is 22.1 Å². The van der Waals surface area contributed by atoms with Crippen molar-refractivity contribution in [3.63, 3.8) is 0 Å². The van der Waals surface area contributed by atoms with E-state index in [-0.39, 0.29) is 11.5 Å². The van der Waals surface area contributed by atoms with Crippen LogP contribution in [0.3, 0.4) is 0 Å². The first-order valence-electron chi connectivity index (χ1n) is 13.3. The summed E-state index contributed by atoms with van der Waals surface area (Å²) in [6.45, 7) is 3.63. The van der Waals surface area contributed by atoms with Gasteiger partial charge in [-0.2, -0.15) is 5.10 Å². The van der Waals surface area contributed by atoms with Gasteiger partial charge in [0.2, 0.25) is 5.88 Å². The Labute approximate surface area is 241 Å². The lowest BCUT2D eigenvalue weighted by molar-refractivity contribution is 0.0939. The summed E-state index contributed by atoms with van der Waals surface area (Å²) < 4.78 is 8.42. The molecular weight excluding hydrogens is 528 g/mol. The van der Waals surface area contributed by atoms with Crippen LogP contribution in [-0.2, 0) is 0 Å². The zero-order valence-electron chi connectivity index (χ0n) is 23.2. The second kappa shape index (κ2) is 11.0. The van der Waals surface area contributed by atoms with Crippen molar-refractivity contribution < 1.29 is 9.53 Å². The fourth-order valence-corrected chi connectivity index (χ4v) is 4.99. The predicted molar refractivity (Wildman–Crippen MR) is 160 cm³/mol. The molecule has 6 rings (SSSR count). The summed E-state index contributed by atoms with van der Waals surface area (Å²) in [5.41, 5.74) is 3.79. The molecule has 1 N–H and O–H groups in total. The molecule has 0 saturated heterocycles. The number of rotatable bonds is 5. The van der Waals surface area contributed by atoms with Crippen molar-refractivity contribution in [3.05, 3.63) is 130 Å². The minimum absolute atomic E-state index is 0.235. The third-order valence-electron chi connectivity index (χ3n) is 6.96. The number of carbonyl (C=O) groups excluding carboxylic acids is 1. The molecule has 42 heavy (non-hydrogen) atoms. The molecule has 1 atom stereocenters.